The maximum Gasteiger partial charge on any atom is 0.293 e. The minimum Gasteiger partial charge on any atom is -0.383 e. The van der Waals surface area contributed by atoms with E-state index in [4.69, 9.17) is 0 Å². The lowest BCUT2D eigenvalue weighted by Crippen LogP contribution is -2.30. The van der Waals surface area contributed by atoms with Gasteiger partial charge in [-0.15, -0.1) is 0 Å². The van der Waals surface area contributed by atoms with Gasteiger partial charge >= 0.3 is 0 Å². The minimum atomic E-state index is -4.20. The number of sulfonamides is 1. The summed E-state index contributed by atoms with van der Waals surface area (Å²) >= 11 is 0. The molecule has 0 saturated heterocycles. The summed E-state index contributed by atoms with van der Waals surface area (Å²) in [4.78, 5) is 12.0. The van der Waals surface area contributed by atoms with Crippen LogP contribution in [-0.2, 0) is 14.8 Å². The SMILES string of the molecule is Cc1cc(-c2ccc(NC(C)C)cc2F)c(C)cc1/C=C(\F)C(=O)NS(=O)(=O)c1ccccc1. The van der Waals surface area contributed by atoms with E-state index in [2.05, 4.69) is 5.32 Å². The molecule has 0 aliphatic rings. The molecule has 3 aromatic rings. The number of hydrogen-bond donors (Lipinski definition) is 2. The highest BCUT2D eigenvalue weighted by Crippen LogP contribution is 2.31. The molecule has 1 amide bonds. The molecule has 0 fully saturated rings. The van der Waals surface area contributed by atoms with Crippen LogP contribution in [0.1, 0.15) is 30.5 Å². The number of amides is 1. The number of hydrogen-bond acceptors (Lipinski definition) is 4. The zero-order valence-electron chi connectivity index (χ0n) is 19.3. The molecule has 0 aromatic heterocycles. The van der Waals surface area contributed by atoms with Crippen LogP contribution in [0.15, 0.2) is 71.4 Å². The van der Waals surface area contributed by atoms with Crippen molar-refractivity contribution in [3.63, 3.8) is 0 Å². The summed E-state index contributed by atoms with van der Waals surface area (Å²) in [6, 6.07) is 15.6. The maximum atomic E-state index is 14.8. The monoisotopic (exact) mass is 484 g/mol. The molecule has 0 bridgehead atoms. The van der Waals surface area contributed by atoms with Gasteiger partial charge in [-0.2, -0.15) is 0 Å². The summed E-state index contributed by atoms with van der Waals surface area (Å²) < 4.78 is 55.7. The molecular weight excluding hydrogens is 458 g/mol. The number of anilines is 1. The van der Waals surface area contributed by atoms with Gasteiger partial charge < -0.3 is 5.32 Å². The molecule has 0 saturated carbocycles. The summed E-state index contributed by atoms with van der Waals surface area (Å²) in [6.45, 7) is 7.38. The molecule has 0 radical (unpaired) electrons. The van der Waals surface area contributed by atoms with Crippen LogP contribution in [0.2, 0.25) is 0 Å². The molecule has 3 aromatic carbocycles. The second kappa shape index (κ2) is 10.2. The van der Waals surface area contributed by atoms with Gasteiger partial charge in [0.05, 0.1) is 4.90 Å². The Kier molecular flexibility index (Phi) is 7.51. The van der Waals surface area contributed by atoms with Crippen LogP contribution in [0.3, 0.4) is 0 Å². The Morgan fingerprint density at radius 3 is 2.24 bits per heavy atom. The van der Waals surface area contributed by atoms with Crippen molar-refractivity contribution in [3.05, 3.63) is 89.0 Å². The fourth-order valence-electron chi connectivity index (χ4n) is 3.47. The van der Waals surface area contributed by atoms with Crippen LogP contribution >= 0.6 is 0 Å². The van der Waals surface area contributed by atoms with Crippen LogP contribution in [0.4, 0.5) is 14.5 Å². The quantitative estimate of drug-likeness (QED) is 0.419. The predicted octanol–water partition coefficient (Wildman–Crippen LogP) is 5.75. The number of benzene rings is 3. The van der Waals surface area contributed by atoms with E-state index in [1.807, 2.05) is 13.8 Å². The molecule has 0 spiro atoms. The highest BCUT2D eigenvalue weighted by Gasteiger charge is 2.20. The van der Waals surface area contributed by atoms with E-state index in [9.17, 15) is 22.0 Å². The lowest BCUT2D eigenvalue weighted by Gasteiger charge is -2.14. The third-order valence-corrected chi connectivity index (χ3v) is 6.45. The predicted molar refractivity (Wildman–Crippen MR) is 131 cm³/mol. The van der Waals surface area contributed by atoms with E-state index in [-0.39, 0.29) is 10.9 Å². The van der Waals surface area contributed by atoms with E-state index >= 15 is 0 Å². The topological polar surface area (TPSA) is 75.3 Å². The second-order valence-electron chi connectivity index (χ2n) is 8.26. The van der Waals surface area contributed by atoms with Crippen LogP contribution in [0.25, 0.3) is 17.2 Å². The van der Waals surface area contributed by atoms with Crippen molar-refractivity contribution in [3.8, 4) is 11.1 Å². The van der Waals surface area contributed by atoms with Gasteiger partial charge in [0.1, 0.15) is 5.82 Å². The molecule has 3 rings (SSSR count). The maximum absolute atomic E-state index is 14.8. The van der Waals surface area contributed by atoms with E-state index < -0.39 is 27.6 Å². The van der Waals surface area contributed by atoms with Crippen LogP contribution in [-0.4, -0.2) is 20.4 Å². The first kappa shape index (κ1) is 25.1. The van der Waals surface area contributed by atoms with E-state index in [1.54, 1.807) is 48.9 Å². The number of halogens is 2. The van der Waals surface area contributed by atoms with Gasteiger partial charge in [-0.05, 0) is 86.4 Å². The van der Waals surface area contributed by atoms with Gasteiger partial charge in [0.2, 0.25) is 0 Å². The van der Waals surface area contributed by atoms with Gasteiger partial charge in [-0.25, -0.2) is 21.9 Å². The molecule has 8 heteroatoms. The van der Waals surface area contributed by atoms with Crippen LogP contribution in [0, 0.1) is 19.7 Å². The highest BCUT2D eigenvalue weighted by atomic mass is 32.2. The summed E-state index contributed by atoms with van der Waals surface area (Å²) in [7, 11) is -4.20. The Morgan fingerprint density at radius 1 is 0.941 bits per heavy atom. The summed E-state index contributed by atoms with van der Waals surface area (Å²) in [5.41, 5.74) is 3.36. The third kappa shape index (κ3) is 5.88. The number of aryl methyl sites for hydroxylation is 2. The molecule has 2 N–H and O–H groups in total. The summed E-state index contributed by atoms with van der Waals surface area (Å²) in [5, 5.41) is 3.15. The molecule has 5 nitrogen and oxygen atoms in total. The molecule has 0 atom stereocenters. The van der Waals surface area contributed by atoms with Gasteiger partial charge in [0.15, 0.2) is 5.83 Å². The molecule has 0 unspecified atom stereocenters. The summed E-state index contributed by atoms with van der Waals surface area (Å²) in [5.74, 6) is -3.03. The second-order valence-corrected chi connectivity index (χ2v) is 9.94. The average Bonchev–Trinajstić information content (AvgIpc) is 2.76. The molecule has 34 heavy (non-hydrogen) atoms. The van der Waals surface area contributed by atoms with Crippen molar-refractivity contribution in [2.75, 3.05) is 5.32 Å². The van der Waals surface area contributed by atoms with Crippen molar-refractivity contribution in [2.24, 2.45) is 0 Å². The lowest BCUT2D eigenvalue weighted by atomic mass is 9.94. The lowest BCUT2D eigenvalue weighted by molar-refractivity contribution is -0.117. The van der Waals surface area contributed by atoms with Gasteiger partial charge in [-0.1, -0.05) is 30.3 Å². The zero-order valence-corrected chi connectivity index (χ0v) is 20.1. The third-order valence-electron chi connectivity index (χ3n) is 5.11. The Bertz CT molecular complexity index is 1350. The number of carbonyl (C=O) groups is 1. The van der Waals surface area contributed by atoms with Crippen LogP contribution < -0.4 is 10.0 Å². The molecular formula is C26H26F2N2O3S. The van der Waals surface area contributed by atoms with Crippen molar-refractivity contribution < 1.29 is 22.0 Å². The van der Waals surface area contributed by atoms with Crippen molar-refractivity contribution in [2.45, 2.75) is 38.6 Å². The van der Waals surface area contributed by atoms with Crippen molar-refractivity contribution in [1.29, 1.82) is 0 Å². The number of rotatable bonds is 7. The van der Waals surface area contributed by atoms with E-state index in [0.29, 0.717) is 33.5 Å². The molecule has 0 aliphatic heterocycles. The fraction of sp³-hybridized carbons (Fsp3) is 0.192. The Morgan fingerprint density at radius 2 is 1.62 bits per heavy atom. The number of carbonyl (C=O) groups excluding carboxylic acids is 1. The van der Waals surface area contributed by atoms with Gasteiger partial charge in [0.25, 0.3) is 15.9 Å². The first-order valence-corrected chi connectivity index (χ1v) is 12.1. The molecule has 178 valence electrons. The molecule has 0 aliphatic carbocycles. The first-order chi connectivity index (χ1) is 16.0. The van der Waals surface area contributed by atoms with E-state index in [0.717, 1.165) is 6.08 Å². The Labute approximate surface area is 198 Å². The van der Waals surface area contributed by atoms with Gasteiger partial charge in [-0.3, -0.25) is 4.79 Å². The summed E-state index contributed by atoms with van der Waals surface area (Å²) in [6.07, 6.45) is 0.966. The largest absolute Gasteiger partial charge is 0.383 e. The number of nitrogens with one attached hydrogen (secondary N) is 2. The van der Waals surface area contributed by atoms with Gasteiger partial charge in [0, 0.05) is 17.3 Å². The van der Waals surface area contributed by atoms with E-state index in [1.165, 1.54) is 30.3 Å². The Hall–Kier alpha value is -3.52. The zero-order chi connectivity index (χ0) is 25.0. The van der Waals surface area contributed by atoms with Crippen molar-refractivity contribution >= 4 is 27.7 Å². The normalized spacial score (nSPS) is 12.0. The smallest absolute Gasteiger partial charge is 0.293 e. The van der Waals surface area contributed by atoms with Crippen LogP contribution in [0.5, 0.6) is 0 Å². The minimum absolute atomic E-state index is 0.149. The average molecular weight is 485 g/mol. The first-order valence-electron chi connectivity index (χ1n) is 10.6. The fourth-order valence-corrected chi connectivity index (χ4v) is 4.45. The highest BCUT2D eigenvalue weighted by molar-refractivity contribution is 7.90. The Balaban J connectivity index is 1.86. The molecule has 0 heterocycles. The van der Waals surface area contributed by atoms with Crippen molar-refractivity contribution in [1.82, 2.24) is 4.72 Å². The standard InChI is InChI=1S/C26H26F2N2O3S/c1-16(2)29-20-10-11-22(24(27)15-20)23-13-17(3)19(12-18(23)4)14-25(28)26(31)30-34(32,33)21-8-6-5-7-9-21/h5-16,29H,1-4H3,(H,30,31)/b25-14-.